The summed E-state index contributed by atoms with van der Waals surface area (Å²) in [5.41, 5.74) is 0.828. The molecule has 0 radical (unpaired) electrons. The van der Waals surface area contributed by atoms with Crippen molar-refractivity contribution < 1.29 is 13.7 Å². The summed E-state index contributed by atoms with van der Waals surface area (Å²) in [4.78, 5) is 4.29. The third kappa shape index (κ3) is 2.41. The van der Waals surface area contributed by atoms with E-state index in [1.54, 1.807) is 6.07 Å². The number of halogens is 1. The molecule has 18 heavy (non-hydrogen) atoms. The molecule has 2 aromatic rings. The number of rotatable bonds is 3. The van der Waals surface area contributed by atoms with Gasteiger partial charge in [-0.25, -0.2) is 4.39 Å². The van der Waals surface area contributed by atoms with Crippen LogP contribution in [0.1, 0.15) is 36.2 Å². The highest BCUT2D eigenvalue weighted by atomic mass is 19.1. The summed E-state index contributed by atoms with van der Waals surface area (Å²) < 4.78 is 23.7. The molecule has 1 saturated heterocycles. The van der Waals surface area contributed by atoms with Gasteiger partial charge in [-0.1, -0.05) is 17.3 Å². The summed E-state index contributed by atoms with van der Waals surface area (Å²) in [6.45, 7) is 0.742. The molecule has 1 aromatic carbocycles. The van der Waals surface area contributed by atoms with Gasteiger partial charge in [0.25, 0.3) is 5.89 Å². The molecule has 3 rings (SSSR count). The van der Waals surface area contributed by atoms with Crippen LogP contribution in [0.25, 0.3) is 0 Å². The van der Waals surface area contributed by atoms with Crippen LogP contribution >= 0.6 is 0 Å². The molecule has 0 aliphatic carbocycles. The Balaban J connectivity index is 1.73. The van der Waals surface area contributed by atoms with E-state index in [4.69, 9.17) is 9.26 Å². The van der Waals surface area contributed by atoms with Crippen molar-refractivity contribution in [3.8, 4) is 0 Å². The molecule has 5 heteroatoms. The molecule has 0 bridgehead atoms. The van der Waals surface area contributed by atoms with E-state index in [2.05, 4.69) is 10.1 Å². The molecule has 4 nitrogen and oxygen atoms in total. The maximum absolute atomic E-state index is 13.0. The van der Waals surface area contributed by atoms with Crippen molar-refractivity contribution in [3.63, 3.8) is 0 Å². The lowest BCUT2D eigenvalue weighted by atomic mass is 10.1. The Labute approximate surface area is 104 Å². The van der Waals surface area contributed by atoms with Gasteiger partial charge in [-0.15, -0.1) is 0 Å². The van der Waals surface area contributed by atoms with Crippen molar-refractivity contribution in [3.05, 3.63) is 47.4 Å². The van der Waals surface area contributed by atoms with E-state index in [-0.39, 0.29) is 11.9 Å². The largest absolute Gasteiger partial charge is 0.368 e. The Morgan fingerprint density at radius 1 is 1.39 bits per heavy atom. The quantitative estimate of drug-likeness (QED) is 0.837. The summed E-state index contributed by atoms with van der Waals surface area (Å²) in [5.74, 6) is 0.834. The van der Waals surface area contributed by atoms with Gasteiger partial charge in [0, 0.05) is 13.0 Å². The molecular formula is C13H13FN2O2. The maximum Gasteiger partial charge on any atom is 0.255 e. The molecular weight excluding hydrogens is 235 g/mol. The van der Waals surface area contributed by atoms with Gasteiger partial charge in [-0.05, 0) is 30.5 Å². The Morgan fingerprint density at radius 2 is 2.33 bits per heavy atom. The first-order valence-electron chi connectivity index (χ1n) is 6.00. The molecule has 0 spiro atoms. The Bertz CT molecular complexity index is 535. The maximum atomic E-state index is 13.0. The lowest BCUT2D eigenvalue weighted by molar-refractivity contribution is 0.0835. The van der Waals surface area contributed by atoms with Gasteiger partial charge >= 0.3 is 0 Å². The SMILES string of the molecule is Fc1cccc(Cc2noc([C@H]3CCCO3)n2)c1. The fourth-order valence-electron chi connectivity index (χ4n) is 2.07. The highest BCUT2D eigenvalue weighted by molar-refractivity contribution is 5.19. The molecule has 2 heterocycles. The zero-order chi connectivity index (χ0) is 12.4. The highest BCUT2D eigenvalue weighted by Crippen LogP contribution is 2.27. The van der Waals surface area contributed by atoms with Crippen molar-refractivity contribution in [2.45, 2.75) is 25.4 Å². The second kappa shape index (κ2) is 4.86. The molecule has 1 aromatic heterocycles. The molecule has 0 unspecified atom stereocenters. The summed E-state index contributed by atoms with van der Waals surface area (Å²) in [6.07, 6.45) is 2.33. The number of benzene rings is 1. The zero-order valence-electron chi connectivity index (χ0n) is 9.80. The Kier molecular flexibility index (Phi) is 3.06. The molecule has 1 fully saturated rings. The van der Waals surface area contributed by atoms with Gasteiger partial charge in [-0.2, -0.15) is 4.98 Å². The van der Waals surface area contributed by atoms with Gasteiger partial charge in [0.1, 0.15) is 11.9 Å². The number of ether oxygens (including phenoxy) is 1. The van der Waals surface area contributed by atoms with E-state index in [0.29, 0.717) is 18.1 Å². The highest BCUT2D eigenvalue weighted by Gasteiger charge is 2.23. The lowest BCUT2D eigenvalue weighted by Crippen LogP contribution is -1.97. The third-order valence-corrected chi connectivity index (χ3v) is 2.94. The minimum Gasteiger partial charge on any atom is -0.368 e. The van der Waals surface area contributed by atoms with Crippen LogP contribution in [0.2, 0.25) is 0 Å². The standard InChI is InChI=1S/C13H13FN2O2/c14-10-4-1-3-9(7-10)8-12-15-13(18-16-12)11-5-2-6-17-11/h1,3-4,7,11H,2,5-6,8H2/t11-/m1/s1. The van der Waals surface area contributed by atoms with E-state index in [0.717, 1.165) is 25.0 Å². The van der Waals surface area contributed by atoms with E-state index in [9.17, 15) is 4.39 Å². The normalized spacial score (nSPS) is 19.3. The molecule has 1 atom stereocenters. The average Bonchev–Trinajstić information content (AvgIpc) is 2.98. The average molecular weight is 248 g/mol. The molecule has 1 aliphatic rings. The molecule has 1 aliphatic heterocycles. The van der Waals surface area contributed by atoms with Gasteiger partial charge < -0.3 is 9.26 Å². The predicted molar refractivity (Wildman–Crippen MR) is 61.4 cm³/mol. The Morgan fingerprint density at radius 3 is 3.11 bits per heavy atom. The van der Waals surface area contributed by atoms with Gasteiger partial charge in [0.2, 0.25) is 0 Å². The minimum atomic E-state index is -0.254. The molecule has 0 saturated carbocycles. The van der Waals surface area contributed by atoms with Crippen LogP contribution in [0.4, 0.5) is 4.39 Å². The zero-order valence-corrected chi connectivity index (χ0v) is 9.80. The van der Waals surface area contributed by atoms with Crippen molar-refractivity contribution in [2.75, 3.05) is 6.61 Å². The first kappa shape index (κ1) is 11.3. The van der Waals surface area contributed by atoms with Crippen LogP contribution in [0.15, 0.2) is 28.8 Å². The van der Waals surface area contributed by atoms with Crippen LogP contribution in [0.5, 0.6) is 0 Å². The van der Waals surface area contributed by atoms with E-state index in [1.807, 2.05) is 6.07 Å². The second-order valence-corrected chi connectivity index (χ2v) is 4.36. The molecule has 0 amide bonds. The first-order chi connectivity index (χ1) is 8.81. The fraction of sp³-hybridized carbons (Fsp3) is 0.385. The van der Waals surface area contributed by atoms with Crippen molar-refractivity contribution in [1.82, 2.24) is 10.1 Å². The lowest BCUT2D eigenvalue weighted by Gasteiger charge is -2.00. The van der Waals surface area contributed by atoms with Crippen molar-refractivity contribution in [2.24, 2.45) is 0 Å². The van der Waals surface area contributed by atoms with E-state index in [1.165, 1.54) is 12.1 Å². The topological polar surface area (TPSA) is 48.2 Å². The third-order valence-electron chi connectivity index (χ3n) is 2.94. The van der Waals surface area contributed by atoms with Gasteiger partial charge in [0.15, 0.2) is 5.82 Å². The van der Waals surface area contributed by atoms with Crippen molar-refractivity contribution in [1.29, 1.82) is 0 Å². The van der Waals surface area contributed by atoms with Gasteiger partial charge in [-0.3, -0.25) is 0 Å². The number of nitrogens with zero attached hydrogens (tertiary/aromatic N) is 2. The predicted octanol–water partition coefficient (Wildman–Crippen LogP) is 2.65. The van der Waals surface area contributed by atoms with E-state index >= 15 is 0 Å². The van der Waals surface area contributed by atoms with Crippen molar-refractivity contribution >= 4 is 0 Å². The monoisotopic (exact) mass is 248 g/mol. The molecule has 0 N–H and O–H groups in total. The van der Waals surface area contributed by atoms with Crippen LogP contribution in [-0.2, 0) is 11.2 Å². The smallest absolute Gasteiger partial charge is 0.255 e. The molecule has 94 valence electrons. The van der Waals surface area contributed by atoms with Crippen LogP contribution in [0, 0.1) is 5.82 Å². The summed E-state index contributed by atoms with van der Waals surface area (Å²) in [6, 6.07) is 6.40. The minimum absolute atomic E-state index is 0.0706. The Hall–Kier alpha value is -1.75. The van der Waals surface area contributed by atoms with Crippen LogP contribution in [0.3, 0.4) is 0 Å². The van der Waals surface area contributed by atoms with Crippen LogP contribution < -0.4 is 0 Å². The summed E-state index contributed by atoms with van der Waals surface area (Å²) in [5, 5.41) is 3.90. The number of hydrogen-bond donors (Lipinski definition) is 0. The summed E-state index contributed by atoms with van der Waals surface area (Å²) >= 11 is 0. The number of hydrogen-bond acceptors (Lipinski definition) is 4. The fourth-order valence-corrected chi connectivity index (χ4v) is 2.07. The van der Waals surface area contributed by atoms with Gasteiger partial charge in [0.05, 0.1) is 0 Å². The first-order valence-corrected chi connectivity index (χ1v) is 6.00. The second-order valence-electron chi connectivity index (χ2n) is 4.36. The van der Waals surface area contributed by atoms with Crippen LogP contribution in [-0.4, -0.2) is 16.7 Å². The number of aromatic nitrogens is 2. The summed E-state index contributed by atoms with van der Waals surface area (Å²) in [7, 11) is 0. The van der Waals surface area contributed by atoms with E-state index < -0.39 is 0 Å².